The highest BCUT2D eigenvalue weighted by atomic mass is 79.9. The second-order valence-electron chi connectivity index (χ2n) is 4.91. The van der Waals surface area contributed by atoms with Crippen molar-refractivity contribution in [3.63, 3.8) is 0 Å². The summed E-state index contributed by atoms with van der Waals surface area (Å²) in [5.74, 6) is 0. The highest BCUT2D eigenvalue weighted by molar-refractivity contribution is 9.10. The summed E-state index contributed by atoms with van der Waals surface area (Å²) < 4.78 is 1.08. The molecule has 2 aromatic rings. The Hall–Kier alpha value is -1.26. The van der Waals surface area contributed by atoms with E-state index in [2.05, 4.69) is 43.6 Å². The molecule has 1 aliphatic heterocycles. The average Bonchev–Trinajstić information content (AvgIpc) is 2.94. The lowest BCUT2D eigenvalue weighted by Gasteiger charge is -2.09. The van der Waals surface area contributed by atoms with Gasteiger partial charge in [-0.05, 0) is 43.7 Å². The standard InChI is InChI=1S/C15H16BrN3/c16-12-5-3-11(4-6-12)15-8-7-14(18-19-15)10-13-2-1-9-17-13/h3-8,13,17H,1-2,9-10H2/t13-/m0/s1. The fourth-order valence-electron chi connectivity index (χ4n) is 2.43. The van der Waals surface area contributed by atoms with E-state index in [1.165, 1.54) is 12.8 Å². The fraction of sp³-hybridized carbons (Fsp3) is 0.333. The molecule has 19 heavy (non-hydrogen) atoms. The van der Waals surface area contributed by atoms with E-state index in [1.54, 1.807) is 0 Å². The van der Waals surface area contributed by atoms with Crippen LogP contribution < -0.4 is 5.32 Å². The van der Waals surface area contributed by atoms with Crippen LogP contribution in [-0.4, -0.2) is 22.8 Å². The fourth-order valence-corrected chi connectivity index (χ4v) is 2.69. The molecule has 0 saturated carbocycles. The first-order chi connectivity index (χ1) is 9.31. The summed E-state index contributed by atoms with van der Waals surface area (Å²) in [4.78, 5) is 0. The molecule has 0 spiro atoms. The topological polar surface area (TPSA) is 37.8 Å². The molecule has 0 bridgehead atoms. The summed E-state index contributed by atoms with van der Waals surface area (Å²) in [7, 11) is 0. The molecule has 4 heteroatoms. The van der Waals surface area contributed by atoms with Crippen molar-refractivity contribution in [2.75, 3.05) is 6.54 Å². The number of halogens is 1. The van der Waals surface area contributed by atoms with Gasteiger partial charge in [-0.15, -0.1) is 0 Å². The van der Waals surface area contributed by atoms with Crippen LogP contribution in [0.2, 0.25) is 0 Å². The zero-order valence-electron chi connectivity index (χ0n) is 10.6. The Morgan fingerprint density at radius 3 is 2.58 bits per heavy atom. The zero-order valence-corrected chi connectivity index (χ0v) is 12.2. The summed E-state index contributed by atoms with van der Waals surface area (Å²) in [5.41, 5.74) is 3.09. The maximum Gasteiger partial charge on any atom is 0.0929 e. The first kappa shape index (κ1) is 12.8. The van der Waals surface area contributed by atoms with Crippen molar-refractivity contribution >= 4 is 15.9 Å². The molecular weight excluding hydrogens is 302 g/mol. The van der Waals surface area contributed by atoms with E-state index in [0.717, 1.165) is 34.4 Å². The highest BCUT2D eigenvalue weighted by Gasteiger charge is 2.15. The largest absolute Gasteiger partial charge is 0.314 e. The summed E-state index contributed by atoms with van der Waals surface area (Å²) in [6, 6.07) is 12.9. The van der Waals surface area contributed by atoms with E-state index in [1.807, 2.05) is 24.3 Å². The lowest BCUT2D eigenvalue weighted by Crippen LogP contribution is -2.24. The number of aromatic nitrogens is 2. The van der Waals surface area contributed by atoms with E-state index in [0.29, 0.717) is 6.04 Å². The molecule has 98 valence electrons. The molecule has 3 nitrogen and oxygen atoms in total. The van der Waals surface area contributed by atoms with Crippen molar-refractivity contribution in [2.45, 2.75) is 25.3 Å². The molecule has 0 aliphatic carbocycles. The van der Waals surface area contributed by atoms with Gasteiger partial charge in [-0.2, -0.15) is 10.2 Å². The Labute approximate surface area is 121 Å². The van der Waals surface area contributed by atoms with Crippen LogP contribution in [0.5, 0.6) is 0 Å². The Bertz CT molecular complexity index is 530. The monoisotopic (exact) mass is 317 g/mol. The molecule has 0 radical (unpaired) electrons. The van der Waals surface area contributed by atoms with Crippen molar-refractivity contribution in [3.8, 4) is 11.3 Å². The predicted molar refractivity (Wildman–Crippen MR) is 79.9 cm³/mol. The molecule has 1 saturated heterocycles. The molecular formula is C15H16BrN3. The second-order valence-corrected chi connectivity index (χ2v) is 5.83. The minimum Gasteiger partial charge on any atom is -0.314 e. The van der Waals surface area contributed by atoms with Gasteiger partial charge in [-0.3, -0.25) is 0 Å². The third kappa shape index (κ3) is 3.19. The van der Waals surface area contributed by atoms with Crippen LogP contribution in [0.3, 0.4) is 0 Å². The van der Waals surface area contributed by atoms with Gasteiger partial charge in [0.1, 0.15) is 0 Å². The van der Waals surface area contributed by atoms with Gasteiger partial charge in [0.15, 0.2) is 0 Å². The van der Waals surface area contributed by atoms with Crippen molar-refractivity contribution in [3.05, 3.63) is 46.6 Å². The molecule has 2 heterocycles. The normalized spacial score (nSPS) is 18.7. The van der Waals surface area contributed by atoms with Crippen molar-refractivity contribution < 1.29 is 0 Å². The molecule has 1 aromatic heterocycles. The molecule has 0 unspecified atom stereocenters. The molecule has 0 amide bonds. The Morgan fingerprint density at radius 2 is 1.95 bits per heavy atom. The van der Waals surface area contributed by atoms with Crippen molar-refractivity contribution in [1.82, 2.24) is 15.5 Å². The third-order valence-corrected chi connectivity index (χ3v) is 4.01. The van der Waals surface area contributed by atoms with E-state index in [4.69, 9.17) is 0 Å². The van der Waals surface area contributed by atoms with E-state index in [9.17, 15) is 0 Å². The van der Waals surface area contributed by atoms with E-state index >= 15 is 0 Å². The molecule has 1 aromatic carbocycles. The Morgan fingerprint density at radius 1 is 1.11 bits per heavy atom. The van der Waals surface area contributed by atoms with Crippen molar-refractivity contribution in [1.29, 1.82) is 0 Å². The lowest BCUT2D eigenvalue weighted by molar-refractivity contribution is 0.591. The minimum absolute atomic E-state index is 0.577. The summed E-state index contributed by atoms with van der Waals surface area (Å²) in [6.45, 7) is 1.13. The SMILES string of the molecule is Brc1ccc(-c2ccc(C[C@@H]3CCCN3)nn2)cc1. The van der Waals surface area contributed by atoms with Crippen LogP contribution in [0.25, 0.3) is 11.3 Å². The molecule has 1 atom stereocenters. The maximum atomic E-state index is 4.34. The van der Waals surface area contributed by atoms with Gasteiger partial charge >= 0.3 is 0 Å². The molecule has 1 aliphatic rings. The van der Waals surface area contributed by atoms with Crippen LogP contribution in [-0.2, 0) is 6.42 Å². The number of nitrogens with one attached hydrogen (secondary N) is 1. The molecule has 1 fully saturated rings. The predicted octanol–water partition coefficient (Wildman–Crippen LogP) is 3.20. The zero-order chi connectivity index (χ0) is 13.1. The number of hydrogen-bond donors (Lipinski definition) is 1. The van der Waals surface area contributed by atoms with Gasteiger partial charge < -0.3 is 5.32 Å². The first-order valence-corrected chi connectivity index (χ1v) is 7.42. The molecule has 3 rings (SSSR count). The maximum absolute atomic E-state index is 4.34. The summed E-state index contributed by atoms with van der Waals surface area (Å²) in [5, 5.41) is 12.2. The van der Waals surface area contributed by atoms with Gasteiger partial charge in [0.05, 0.1) is 11.4 Å². The lowest BCUT2D eigenvalue weighted by atomic mass is 10.1. The van der Waals surface area contributed by atoms with Crippen LogP contribution >= 0.6 is 15.9 Å². The minimum atomic E-state index is 0.577. The third-order valence-electron chi connectivity index (χ3n) is 3.48. The Balaban J connectivity index is 1.72. The van der Waals surface area contributed by atoms with Gasteiger partial charge in [0, 0.05) is 22.5 Å². The van der Waals surface area contributed by atoms with Crippen LogP contribution in [0.1, 0.15) is 18.5 Å². The number of hydrogen-bond acceptors (Lipinski definition) is 3. The van der Waals surface area contributed by atoms with Crippen LogP contribution in [0.15, 0.2) is 40.9 Å². The van der Waals surface area contributed by atoms with Gasteiger partial charge in [-0.25, -0.2) is 0 Å². The van der Waals surface area contributed by atoms with Gasteiger partial charge in [0.2, 0.25) is 0 Å². The second kappa shape index (κ2) is 5.80. The average molecular weight is 318 g/mol. The van der Waals surface area contributed by atoms with Crippen molar-refractivity contribution in [2.24, 2.45) is 0 Å². The van der Waals surface area contributed by atoms with E-state index in [-0.39, 0.29) is 0 Å². The smallest absolute Gasteiger partial charge is 0.0929 e. The van der Waals surface area contributed by atoms with Crippen LogP contribution in [0, 0.1) is 0 Å². The van der Waals surface area contributed by atoms with Gasteiger partial charge in [0.25, 0.3) is 0 Å². The molecule has 1 N–H and O–H groups in total. The highest BCUT2D eigenvalue weighted by Crippen LogP contribution is 2.19. The number of benzene rings is 1. The Kier molecular flexibility index (Phi) is 3.89. The van der Waals surface area contributed by atoms with Crippen LogP contribution in [0.4, 0.5) is 0 Å². The summed E-state index contributed by atoms with van der Waals surface area (Å²) in [6.07, 6.45) is 3.50. The number of rotatable bonds is 3. The quantitative estimate of drug-likeness (QED) is 0.944. The number of nitrogens with zero attached hydrogens (tertiary/aromatic N) is 2. The van der Waals surface area contributed by atoms with Gasteiger partial charge in [-0.1, -0.05) is 28.1 Å². The summed E-state index contributed by atoms with van der Waals surface area (Å²) >= 11 is 3.44. The first-order valence-electron chi connectivity index (χ1n) is 6.63. The van der Waals surface area contributed by atoms with E-state index < -0.39 is 0 Å².